The third-order valence-corrected chi connectivity index (χ3v) is 3.54. The molecule has 1 amide bonds. The lowest BCUT2D eigenvalue weighted by atomic mass is 10.1. The van der Waals surface area contributed by atoms with Gasteiger partial charge in [0.05, 0.1) is 0 Å². The molecule has 0 aliphatic carbocycles. The second-order valence-electron chi connectivity index (χ2n) is 4.27. The molecule has 18 heavy (non-hydrogen) atoms. The van der Waals surface area contributed by atoms with Gasteiger partial charge in [0.2, 0.25) is 0 Å². The van der Waals surface area contributed by atoms with Crippen molar-refractivity contribution in [1.29, 1.82) is 0 Å². The van der Waals surface area contributed by atoms with Crippen molar-refractivity contribution in [3.05, 3.63) is 34.3 Å². The zero-order valence-corrected chi connectivity index (χ0v) is 12.2. The Morgan fingerprint density at radius 1 is 1.22 bits per heavy atom. The molecule has 0 spiro atoms. The van der Waals surface area contributed by atoms with Gasteiger partial charge >= 0.3 is 0 Å². The Morgan fingerprint density at radius 2 is 1.94 bits per heavy atom. The first-order chi connectivity index (χ1) is 8.66. The zero-order chi connectivity index (χ0) is 13.4. The van der Waals surface area contributed by atoms with E-state index in [0.717, 1.165) is 31.2 Å². The van der Waals surface area contributed by atoms with Crippen LogP contribution in [0.4, 0.5) is 0 Å². The van der Waals surface area contributed by atoms with Gasteiger partial charge in [-0.2, -0.15) is 0 Å². The average Bonchev–Trinajstić information content (AvgIpc) is 2.36. The molecular formula is C14H19Cl2NO. The maximum atomic E-state index is 11.9. The molecule has 4 heteroatoms. The van der Waals surface area contributed by atoms with Crippen molar-refractivity contribution < 1.29 is 4.79 Å². The number of carbonyl (C=O) groups is 1. The topological polar surface area (TPSA) is 29.1 Å². The summed E-state index contributed by atoms with van der Waals surface area (Å²) in [6.07, 6.45) is 4.25. The molecule has 0 saturated carbocycles. The minimum atomic E-state index is -0.0488. The minimum absolute atomic E-state index is 0.0488. The third kappa shape index (κ3) is 4.87. The van der Waals surface area contributed by atoms with Gasteiger partial charge in [0.1, 0.15) is 0 Å². The maximum absolute atomic E-state index is 11.9. The highest BCUT2D eigenvalue weighted by atomic mass is 35.5. The fourth-order valence-corrected chi connectivity index (χ4v) is 2.09. The summed E-state index contributed by atoms with van der Waals surface area (Å²) in [4.78, 5) is 11.9. The Kier molecular flexibility index (Phi) is 7.14. The van der Waals surface area contributed by atoms with Crippen molar-refractivity contribution in [2.75, 3.05) is 12.4 Å². The number of nitrogens with one attached hydrogen (secondary N) is 1. The Morgan fingerprint density at radius 3 is 2.67 bits per heavy atom. The molecule has 0 radical (unpaired) electrons. The Labute approximate surface area is 119 Å². The van der Waals surface area contributed by atoms with Crippen LogP contribution in [0.25, 0.3) is 0 Å². The quantitative estimate of drug-likeness (QED) is 0.592. The van der Waals surface area contributed by atoms with E-state index in [1.807, 2.05) is 6.92 Å². The van der Waals surface area contributed by atoms with Crippen molar-refractivity contribution in [3.8, 4) is 0 Å². The van der Waals surface area contributed by atoms with Gasteiger partial charge in [0.25, 0.3) is 5.91 Å². The molecule has 0 bridgehead atoms. The van der Waals surface area contributed by atoms with Crippen molar-refractivity contribution >= 4 is 29.1 Å². The van der Waals surface area contributed by atoms with E-state index in [-0.39, 0.29) is 5.91 Å². The summed E-state index contributed by atoms with van der Waals surface area (Å²) < 4.78 is 0. The highest BCUT2D eigenvalue weighted by molar-refractivity contribution is 6.31. The molecular weight excluding hydrogens is 269 g/mol. The van der Waals surface area contributed by atoms with E-state index in [9.17, 15) is 4.79 Å². The number of rotatable bonds is 7. The minimum Gasteiger partial charge on any atom is -0.352 e. The smallest absolute Gasteiger partial charge is 0.251 e. The van der Waals surface area contributed by atoms with Gasteiger partial charge in [-0.3, -0.25) is 4.79 Å². The van der Waals surface area contributed by atoms with Gasteiger partial charge in [-0.1, -0.05) is 30.5 Å². The highest BCUT2D eigenvalue weighted by Crippen LogP contribution is 2.18. The number of hydrogen-bond donors (Lipinski definition) is 1. The van der Waals surface area contributed by atoms with E-state index in [0.29, 0.717) is 23.0 Å². The summed E-state index contributed by atoms with van der Waals surface area (Å²) in [5, 5.41) is 3.54. The summed E-state index contributed by atoms with van der Waals surface area (Å²) >= 11 is 11.6. The molecule has 0 heterocycles. The lowest BCUT2D eigenvalue weighted by Crippen LogP contribution is -2.25. The van der Waals surface area contributed by atoms with Gasteiger partial charge in [-0.15, -0.1) is 11.6 Å². The number of hydrogen-bond acceptors (Lipinski definition) is 1. The van der Waals surface area contributed by atoms with Crippen molar-refractivity contribution in [2.45, 2.75) is 32.6 Å². The number of amides is 1. The van der Waals surface area contributed by atoms with Crippen LogP contribution < -0.4 is 5.32 Å². The van der Waals surface area contributed by atoms with E-state index in [1.54, 1.807) is 18.2 Å². The Bertz CT molecular complexity index is 393. The molecule has 100 valence electrons. The van der Waals surface area contributed by atoms with E-state index in [2.05, 4.69) is 5.32 Å². The molecule has 1 rings (SSSR count). The average molecular weight is 288 g/mol. The summed E-state index contributed by atoms with van der Waals surface area (Å²) in [6.45, 7) is 2.56. The van der Waals surface area contributed by atoms with Crippen LogP contribution in [0.1, 0.15) is 41.6 Å². The molecule has 1 aromatic rings. The van der Waals surface area contributed by atoms with E-state index in [4.69, 9.17) is 23.2 Å². The normalized spacial score (nSPS) is 10.4. The first kappa shape index (κ1) is 15.3. The first-order valence-electron chi connectivity index (χ1n) is 6.26. The predicted molar refractivity (Wildman–Crippen MR) is 77.7 cm³/mol. The highest BCUT2D eigenvalue weighted by Gasteiger charge is 2.09. The van der Waals surface area contributed by atoms with Crippen LogP contribution in [0.2, 0.25) is 5.02 Å². The summed E-state index contributed by atoms with van der Waals surface area (Å²) in [6, 6.07) is 5.38. The fourth-order valence-electron chi connectivity index (χ4n) is 1.72. The Hall–Kier alpha value is -0.730. The number of unbranched alkanes of at least 4 members (excludes halogenated alkanes) is 3. The second kappa shape index (κ2) is 8.39. The van der Waals surface area contributed by atoms with Crippen LogP contribution in [0.3, 0.4) is 0 Å². The Balaban J connectivity index is 2.35. The third-order valence-electron chi connectivity index (χ3n) is 2.86. The summed E-state index contributed by atoms with van der Waals surface area (Å²) in [7, 11) is 0. The molecule has 0 atom stereocenters. The van der Waals surface area contributed by atoms with E-state index in [1.165, 1.54) is 0 Å². The summed E-state index contributed by atoms with van der Waals surface area (Å²) in [5.74, 6) is 0.668. The predicted octanol–water partition coefficient (Wildman–Crippen LogP) is 4.18. The van der Waals surface area contributed by atoms with E-state index >= 15 is 0 Å². The van der Waals surface area contributed by atoms with Crippen LogP contribution in [0.15, 0.2) is 18.2 Å². The molecule has 0 aliphatic rings. The monoisotopic (exact) mass is 287 g/mol. The maximum Gasteiger partial charge on any atom is 0.251 e. The van der Waals surface area contributed by atoms with Gasteiger partial charge in [-0.05, 0) is 37.5 Å². The van der Waals surface area contributed by atoms with Crippen LogP contribution >= 0.6 is 23.2 Å². The van der Waals surface area contributed by atoms with Crippen molar-refractivity contribution in [1.82, 2.24) is 5.32 Å². The van der Waals surface area contributed by atoms with Gasteiger partial charge < -0.3 is 5.32 Å². The van der Waals surface area contributed by atoms with Crippen LogP contribution in [0, 0.1) is 6.92 Å². The number of carbonyl (C=O) groups excluding carboxylic acids is 1. The number of alkyl halides is 1. The van der Waals surface area contributed by atoms with Crippen molar-refractivity contribution in [3.63, 3.8) is 0 Å². The lowest BCUT2D eigenvalue weighted by Gasteiger charge is -2.08. The molecule has 2 nitrogen and oxygen atoms in total. The SMILES string of the molecule is Cc1c(Cl)cccc1C(=O)NCCCCCCCl. The van der Waals surface area contributed by atoms with Crippen LogP contribution in [0.5, 0.6) is 0 Å². The largest absolute Gasteiger partial charge is 0.352 e. The molecule has 0 unspecified atom stereocenters. The van der Waals surface area contributed by atoms with Crippen molar-refractivity contribution in [2.24, 2.45) is 0 Å². The molecule has 1 aromatic carbocycles. The van der Waals surface area contributed by atoms with Gasteiger partial charge in [0, 0.05) is 23.0 Å². The number of halogens is 2. The summed E-state index contributed by atoms with van der Waals surface area (Å²) in [5.41, 5.74) is 1.49. The molecule has 0 fully saturated rings. The standard InChI is InChI=1S/C14H19Cl2NO/c1-11-12(7-6-8-13(11)16)14(18)17-10-5-3-2-4-9-15/h6-8H,2-5,9-10H2,1H3,(H,17,18). The molecule has 0 saturated heterocycles. The molecule has 1 N–H and O–H groups in total. The van der Waals surface area contributed by atoms with Gasteiger partial charge in [-0.25, -0.2) is 0 Å². The van der Waals surface area contributed by atoms with Crippen LogP contribution in [-0.4, -0.2) is 18.3 Å². The second-order valence-corrected chi connectivity index (χ2v) is 5.06. The van der Waals surface area contributed by atoms with E-state index < -0.39 is 0 Å². The van der Waals surface area contributed by atoms with Crippen LogP contribution in [-0.2, 0) is 0 Å². The first-order valence-corrected chi connectivity index (χ1v) is 7.17. The molecule has 0 aliphatic heterocycles. The fraction of sp³-hybridized carbons (Fsp3) is 0.500. The van der Waals surface area contributed by atoms with Gasteiger partial charge in [0.15, 0.2) is 0 Å². The lowest BCUT2D eigenvalue weighted by molar-refractivity contribution is 0.0952. The zero-order valence-electron chi connectivity index (χ0n) is 10.6. The number of benzene rings is 1. The molecule has 0 aromatic heterocycles.